The summed E-state index contributed by atoms with van der Waals surface area (Å²) >= 11 is 0. The fourth-order valence-corrected chi connectivity index (χ4v) is 8.80. The van der Waals surface area contributed by atoms with Crippen LogP contribution in [0, 0.1) is 40.4 Å². The highest BCUT2D eigenvalue weighted by Crippen LogP contribution is 2.68. The van der Waals surface area contributed by atoms with Gasteiger partial charge in [-0.25, -0.2) is 0 Å². The molecule has 0 aromatic carbocycles. The first-order valence-electron chi connectivity index (χ1n) is 12.1. The molecule has 0 aromatic heterocycles. The van der Waals surface area contributed by atoms with Gasteiger partial charge in [-0.05, 0) is 92.8 Å². The Labute approximate surface area is 181 Å². The molecular weight excluding hydrogens is 380 g/mol. The summed E-state index contributed by atoms with van der Waals surface area (Å²) in [5.41, 5.74) is 0.150. The maximum Gasteiger partial charge on any atom is 0.302 e. The summed E-state index contributed by atoms with van der Waals surface area (Å²) in [6.45, 7) is 9.73. The van der Waals surface area contributed by atoms with Crippen molar-refractivity contribution in [2.75, 3.05) is 0 Å². The fraction of sp³-hybridized carbons (Fsp3) is 0.920. The summed E-state index contributed by atoms with van der Waals surface area (Å²) in [6.07, 6.45) is 7.93. The van der Waals surface area contributed by atoms with Crippen LogP contribution in [0.15, 0.2) is 0 Å². The highest BCUT2D eigenvalue weighted by molar-refractivity contribution is 5.66. The fourth-order valence-electron chi connectivity index (χ4n) is 8.80. The first-order valence-corrected chi connectivity index (χ1v) is 12.1. The molecule has 5 heteroatoms. The van der Waals surface area contributed by atoms with E-state index >= 15 is 0 Å². The molecule has 0 heterocycles. The quantitative estimate of drug-likeness (QED) is 0.681. The van der Waals surface area contributed by atoms with Crippen LogP contribution >= 0.6 is 0 Å². The van der Waals surface area contributed by atoms with E-state index in [0.29, 0.717) is 23.7 Å². The molecule has 4 aliphatic rings. The standard InChI is InChI=1S/C25H40O5/c1-14(26)20-8-9-21-19-7-6-17-12-18(29-15(2)27)10-11-24(17,4)23(19)22(30-16(3)28)13-25(20,21)5/h14,17-23,26H,6-13H2,1-5H3/t14?,17?,18-,19?,20?,21?,22?,23?,24-,25+/m0/s1. The van der Waals surface area contributed by atoms with E-state index in [0.717, 1.165) is 44.9 Å². The Morgan fingerprint density at radius 3 is 2.30 bits per heavy atom. The number of hydrogen-bond acceptors (Lipinski definition) is 5. The highest BCUT2D eigenvalue weighted by atomic mass is 16.5. The zero-order chi connectivity index (χ0) is 21.8. The van der Waals surface area contributed by atoms with E-state index in [4.69, 9.17) is 9.47 Å². The second kappa shape index (κ2) is 7.79. The van der Waals surface area contributed by atoms with Crippen LogP contribution in [-0.2, 0) is 19.1 Å². The van der Waals surface area contributed by atoms with Gasteiger partial charge >= 0.3 is 11.9 Å². The van der Waals surface area contributed by atoms with Gasteiger partial charge in [0.25, 0.3) is 0 Å². The molecule has 0 saturated heterocycles. The highest BCUT2D eigenvalue weighted by Gasteiger charge is 2.64. The van der Waals surface area contributed by atoms with Crippen LogP contribution < -0.4 is 0 Å². The predicted octanol–water partition coefficient (Wildman–Crippen LogP) is 4.50. The molecule has 10 atom stereocenters. The van der Waals surface area contributed by atoms with Gasteiger partial charge in [0.1, 0.15) is 12.2 Å². The van der Waals surface area contributed by atoms with E-state index < -0.39 is 0 Å². The summed E-state index contributed by atoms with van der Waals surface area (Å²) in [5.74, 6) is 1.93. The lowest BCUT2D eigenvalue weighted by Crippen LogP contribution is -2.60. The monoisotopic (exact) mass is 420 g/mol. The van der Waals surface area contributed by atoms with Gasteiger partial charge in [-0.2, -0.15) is 0 Å². The third kappa shape index (κ3) is 3.49. The predicted molar refractivity (Wildman–Crippen MR) is 113 cm³/mol. The van der Waals surface area contributed by atoms with E-state index in [2.05, 4.69) is 13.8 Å². The largest absolute Gasteiger partial charge is 0.463 e. The van der Waals surface area contributed by atoms with Crippen molar-refractivity contribution in [1.29, 1.82) is 0 Å². The van der Waals surface area contributed by atoms with Crippen LogP contribution in [0.25, 0.3) is 0 Å². The summed E-state index contributed by atoms with van der Waals surface area (Å²) in [6, 6.07) is 0. The molecule has 0 amide bonds. The van der Waals surface area contributed by atoms with Crippen molar-refractivity contribution >= 4 is 11.9 Å². The minimum Gasteiger partial charge on any atom is -0.463 e. The molecule has 30 heavy (non-hydrogen) atoms. The molecule has 4 rings (SSSR count). The van der Waals surface area contributed by atoms with Crippen LogP contribution in [0.3, 0.4) is 0 Å². The summed E-state index contributed by atoms with van der Waals surface area (Å²) in [5, 5.41) is 10.5. The number of hydrogen-bond donors (Lipinski definition) is 1. The van der Waals surface area contributed by atoms with E-state index in [1.165, 1.54) is 20.3 Å². The molecule has 4 aliphatic carbocycles. The molecule has 170 valence electrons. The SMILES string of the molecule is CC(=O)OC1C[C@]2(C)C(C(C)O)CCC2C2CCC3C[C@@H](OC(C)=O)CC[C@]3(C)C12. The van der Waals surface area contributed by atoms with E-state index in [-0.39, 0.29) is 47.0 Å². The topological polar surface area (TPSA) is 72.8 Å². The molecule has 7 unspecified atom stereocenters. The average Bonchev–Trinajstić information content (AvgIpc) is 2.97. The third-order valence-corrected chi connectivity index (χ3v) is 9.83. The Hall–Kier alpha value is -1.10. The molecule has 0 aromatic rings. The summed E-state index contributed by atoms with van der Waals surface area (Å²) in [4.78, 5) is 23.6. The minimum absolute atomic E-state index is 0.0317. The zero-order valence-corrected chi connectivity index (χ0v) is 19.4. The Kier molecular flexibility index (Phi) is 5.74. The number of carbonyl (C=O) groups is 2. The van der Waals surface area contributed by atoms with Gasteiger partial charge in [0.2, 0.25) is 0 Å². The van der Waals surface area contributed by atoms with Gasteiger partial charge < -0.3 is 14.6 Å². The van der Waals surface area contributed by atoms with Crippen LogP contribution in [0.4, 0.5) is 0 Å². The molecule has 0 radical (unpaired) electrons. The van der Waals surface area contributed by atoms with Crippen molar-refractivity contribution in [1.82, 2.24) is 0 Å². The van der Waals surface area contributed by atoms with E-state index in [1.807, 2.05) is 6.92 Å². The van der Waals surface area contributed by atoms with Gasteiger partial charge in [0, 0.05) is 19.8 Å². The van der Waals surface area contributed by atoms with Gasteiger partial charge in [0.15, 0.2) is 0 Å². The van der Waals surface area contributed by atoms with Crippen LogP contribution in [0.1, 0.15) is 86.0 Å². The lowest BCUT2D eigenvalue weighted by molar-refractivity contribution is -0.202. The Morgan fingerprint density at radius 2 is 1.67 bits per heavy atom. The Balaban J connectivity index is 1.65. The van der Waals surface area contributed by atoms with Crippen molar-refractivity contribution in [3.8, 4) is 0 Å². The number of fused-ring (bicyclic) bond motifs is 5. The number of rotatable bonds is 3. The second-order valence-electron chi connectivity index (χ2n) is 11.4. The van der Waals surface area contributed by atoms with Crippen LogP contribution in [-0.4, -0.2) is 35.4 Å². The first kappa shape index (κ1) is 22.1. The Bertz CT molecular complexity index is 689. The van der Waals surface area contributed by atoms with Crippen LogP contribution in [0.2, 0.25) is 0 Å². The molecule has 1 N–H and O–H groups in total. The number of carbonyl (C=O) groups excluding carboxylic acids is 2. The second-order valence-corrected chi connectivity index (χ2v) is 11.4. The normalized spacial score (nSPS) is 48.7. The lowest BCUT2D eigenvalue weighted by atomic mass is 9.43. The number of esters is 2. The molecule has 4 fully saturated rings. The lowest BCUT2D eigenvalue weighted by Gasteiger charge is -2.63. The maximum absolute atomic E-state index is 12.1. The van der Waals surface area contributed by atoms with Crippen molar-refractivity contribution in [2.45, 2.75) is 104 Å². The van der Waals surface area contributed by atoms with E-state index in [1.54, 1.807) is 0 Å². The third-order valence-electron chi connectivity index (χ3n) is 9.83. The molecule has 4 saturated carbocycles. The van der Waals surface area contributed by atoms with Crippen molar-refractivity contribution in [3.05, 3.63) is 0 Å². The molecule has 0 spiro atoms. The van der Waals surface area contributed by atoms with Gasteiger partial charge in [0.05, 0.1) is 6.10 Å². The van der Waals surface area contributed by atoms with Crippen molar-refractivity contribution in [2.24, 2.45) is 40.4 Å². The van der Waals surface area contributed by atoms with Gasteiger partial charge in [-0.15, -0.1) is 0 Å². The van der Waals surface area contributed by atoms with Gasteiger partial charge in [-0.3, -0.25) is 9.59 Å². The van der Waals surface area contributed by atoms with Crippen LogP contribution in [0.5, 0.6) is 0 Å². The molecule has 0 bridgehead atoms. The smallest absolute Gasteiger partial charge is 0.302 e. The molecule has 5 nitrogen and oxygen atoms in total. The zero-order valence-electron chi connectivity index (χ0n) is 19.4. The van der Waals surface area contributed by atoms with Crippen molar-refractivity contribution in [3.63, 3.8) is 0 Å². The van der Waals surface area contributed by atoms with Gasteiger partial charge in [-0.1, -0.05) is 13.8 Å². The summed E-state index contributed by atoms with van der Waals surface area (Å²) in [7, 11) is 0. The maximum atomic E-state index is 12.1. The van der Waals surface area contributed by atoms with Crippen molar-refractivity contribution < 1.29 is 24.2 Å². The molecular formula is C25H40O5. The first-order chi connectivity index (χ1) is 14.1. The number of aliphatic hydroxyl groups excluding tert-OH is 1. The number of ether oxygens (including phenoxy) is 2. The number of aliphatic hydroxyl groups is 1. The summed E-state index contributed by atoms with van der Waals surface area (Å²) < 4.78 is 11.6. The minimum atomic E-state index is -0.319. The average molecular weight is 421 g/mol. The Morgan fingerprint density at radius 1 is 0.967 bits per heavy atom. The van der Waals surface area contributed by atoms with E-state index in [9.17, 15) is 14.7 Å². The molecule has 0 aliphatic heterocycles.